The summed E-state index contributed by atoms with van der Waals surface area (Å²) in [6.07, 6.45) is 3.03. The van der Waals surface area contributed by atoms with Gasteiger partial charge in [-0.1, -0.05) is 0 Å². The highest BCUT2D eigenvalue weighted by atomic mass is 16.3. The molecule has 6 heteroatoms. The maximum atomic E-state index is 11.3. The number of hydrogen-bond donors (Lipinski definition) is 2. The van der Waals surface area contributed by atoms with Crippen molar-refractivity contribution in [3.05, 3.63) is 45.2 Å². The van der Waals surface area contributed by atoms with Gasteiger partial charge in [0.25, 0.3) is 11.1 Å². The van der Waals surface area contributed by atoms with E-state index in [1.807, 2.05) is 0 Å². The number of aryl methyl sites for hydroxylation is 2. The lowest BCUT2D eigenvalue weighted by Crippen LogP contribution is -2.17. The first kappa shape index (κ1) is 12.0. The Morgan fingerprint density at radius 1 is 0.833 bits per heavy atom. The zero-order valence-electron chi connectivity index (χ0n) is 9.91. The molecule has 0 unspecified atom stereocenters. The summed E-state index contributed by atoms with van der Waals surface area (Å²) in [5.41, 5.74) is 0.0431. The SMILES string of the molecule is Cn1cc(-c2cc(O)c(=O)n(C)c2)cc(O)c1=O. The van der Waals surface area contributed by atoms with Crippen LogP contribution in [0.4, 0.5) is 0 Å². The lowest BCUT2D eigenvalue weighted by atomic mass is 10.1. The van der Waals surface area contributed by atoms with Gasteiger partial charge in [-0.25, -0.2) is 0 Å². The topological polar surface area (TPSA) is 84.5 Å². The van der Waals surface area contributed by atoms with E-state index < -0.39 is 11.1 Å². The van der Waals surface area contributed by atoms with E-state index in [-0.39, 0.29) is 11.5 Å². The van der Waals surface area contributed by atoms with E-state index in [2.05, 4.69) is 0 Å². The Morgan fingerprint density at radius 3 is 1.44 bits per heavy atom. The second kappa shape index (κ2) is 4.06. The first-order chi connectivity index (χ1) is 8.40. The predicted molar refractivity (Wildman–Crippen MR) is 65.7 cm³/mol. The van der Waals surface area contributed by atoms with Gasteiger partial charge < -0.3 is 19.3 Å². The average molecular weight is 248 g/mol. The van der Waals surface area contributed by atoms with Gasteiger partial charge in [0.05, 0.1) is 0 Å². The fourth-order valence-corrected chi connectivity index (χ4v) is 1.70. The van der Waals surface area contributed by atoms with Crippen molar-refractivity contribution >= 4 is 0 Å². The van der Waals surface area contributed by atoms with Gasteiger partial charge in [0.1, 0.15) is 0 Å². The molecule has 0 spiro atoms. The molecule has 94 valence electrons. The molecule has 0 aromatic carbocycles. The molecule has 2 heterocycles. The standard InChI is InChI=1S/C12H12N2O4/c1-13-5-7(3-9(15)11(13)17)8-4-10(16)12(18)14(2)6-8/h3-6,15-16H,1-2H3. The largest absolute Gasteiger partial charge is 0.503 e. The van der Waals surface area contributed by atoms with Crippen LogP contribution in [0.2, 0.25) is 0 Å². The molecule has 0 aliphatic heterocycles. The van der Waals surface area contributed by atoms with Crippen molar-refractivity contribution in [2.24, 2.45) is 14.1 Å². The first-order valence-corrected chi connectivity index (χ1v) is 5.20. The molecule has 0 bridgehead atoms. The Labute approximate surface area is 102 Å². The monoisotopic (exact) mass is 248 g/mol. The molecule has 2 N–H and O–H groups in total. The third-order valence-corrected chi connectivity index (χ3v) is 2.66. The third-order valence-electron chi connectivity index (χ3n) is 2.66. The highest BCUT2D eigenvalue weighted by Gasteiger charge is 2.08. The van der Waals surface area contributed by atoms with Gasteiger partial charge >= 0.3 is 0 Å². The van der Waals surface area contributed by atoms with Gasteiger partial charge in [0, 0.05) is 37.6 Å². The summed E-state index contributed by atoms with van der Waals surface area (Å²) in [5.74, 6) is -0.772. The van der Waals surface area contributed by atoms with Crippen molar-refractivity contribution in [3.63, 3.8) is 0 Å². The van der Waals surface area contributed by atoms with Crippen molar-refractivity contribution in [1.82, 2.24) is 9.13 Å². The molecular weight excluding hydrogens is 236 g/mol. The van der Waals surface area contributed by atoms with Crippen LogP contribution in [-0.4, -0.2) is 19.3 Å². The summed E-state index contributed by atoms with van der Waals surface area (Å²) >= 11 is 0. The maximum absolute atomic E-state index is 11.3. The lowest BCUT2D eigenvalue weighted by molar-refractivity contribution is 0.459. The molecule has 0 amide bonds. The third kappa shape index (κ3) is 1.88. The van der Waals surface area contributed by atoms with Crippen molar-refractivity contribution in [3.8, 4) is 22.6 Å². The second-order valence-electron chi connectivity index (χ2n) is 4.06. The maximum Gasteiger partial charge on any atom is 0.292 e. The minimum atomic E-state index is -0.507. The lowest BCUT2D eigenvalue weighted by Gasteiger charge is -2.07. The molecule has 0 radical (unpaired) electrons. The minimum Gasteiger partial charge on any atom is -0.503 e. The van der Waals surface area contributed by atoms with Crippen LogP contribution in [0.25, 0.3) is 11.1 Å². The number of hydrogen-bond acceptors (Lipinski definition) is 4. The summed E-state index contributed by atoms with van der Waals surface area (Å²) in [6.45, 7) is 0. The summed E-state index contributed by atoms with van der Waals surface area (Å²) in [7, 11) is 3.01. The molecule has 2 rings (SSSR count). The zero-order valence-corrected chi connectivity index (χ0v) is 9.91. The van der Waals surface area contributed by atoms with E-state index in [1.54, 1.807) is 0 Å². The van der Waals surface area contributed by atoms with E-state index in [9.17, 15) is 19.8 Å². The van der Waals surface area contributed by atoms with E-state index in [4.69, 9.17) is 0 Å². The van der Waals surface area contributed by atoms with Crippen LogP contribution >= 0.6 is 0 Å². The molecule has 0 saturated heterocycles. The Bertz CT molecular complexity index is 612. The van der Waals surface area contributed by atoms with Crippen molar-refractivity contribution in [2.45, 2.75) is 0 Å². The quantitative estimate of drug-likeness (QED) is 0.753. The first-order valence-electron chi connectivity index (χ1n) is 5.20. The van der Waals surface area contributed by atoms with Gasteiger partial charge in [-0.05, 0) is 12.1 Å². The van der Waals surface area contributed by atoms with Crippen LogP contribution in [0, 0.1) is 0 Å². The smallest absolute Gasteiger partial charge is 0.292 e. The van der Waals surface area contributed by atoms with Crippen molar-refractivity contribution < 1.29 is 10.2 Å². The second-order valence-corrected chi connectivity index (χ2v) is 4.06. The molecule has 2 aromatic rings. The molecule has 2 aromatic heterocycles. The van der Waals surface area contributed by atoms with Crippen LogP contribution < -0.4 is 11.1 Å². The van der Waals surface area contributed by atoms with Crippen molar-refractivity contribution in [1.29, 1.82) is 0 Å². The van der Waals surface area contributed by atoms with E-state index in [0.717, 1.165) is 0 Å². The Kier molecular flexibility index (Phi) is 2.70. The zero-order chi connectivity index (χ0) is 13.4. The predicted octanol–water partition coefficient (Wildman–Crippen LogP) is 0.162. The Morgan fingerprint density at radius 2 is 1.17 bits per heavy atom. The number of aromatic nitrogens is 2. The summed E-state index contributed by atoms with van der Waals surface area (Å²) < 4.78 is 2.46. The van der Waals surface area contributed by atoms with Crippen LogP contribution in [-0.2, 0) is 14.1 Å². The number of rotatable bonds is 1. The molecule has 0 atom stereocenters. The van der Waals surface area contributed by atoms with Gasteiger partial charge in [0.15, 0.2) is 11.5 Å². The fraction of sp³-hybridized carbons (Fsp3) is 0.167. The minimum absolute atomic E-state index is 0.386. The Hall–Kier alpha value is -2.50. The molecule has 0 saturated carbocycles. The van der Waals surface area contributed by atoms with Crippen LogP contribution in [0.15, 0.2) is 34.1 Å². The number of aromatic hydroxyl groups is 2. The highest BCUT2D eigenvalue weighted by molar-refractivity contribution is 5.64. The van der Waals surface area contributed by atoms with E-state index >= 15 is 0 Å². The molecule has 0 aliphatic carbocycles. The Balaban J connectivity index is 2.70. The van der Waals surface area contributed by atoms with Gasteiger partial charge in [0.2, 0.25) is 0 Å². The van der Waals surface area contributed by atoms with Crippen LogP contribution in [0.5, 0.6) is 11.5 Å². The number of pyridine rings is 2. The van der Waals surface area contributed by atoms with Gasteiger partial charge in [-0.15, -0.1) is 0 Å². The van der Waals surface area contributed by atoms with Crippen LogP contribution in [0.1, 0.15) is 0 Å². The highest BCUT2D eigenvalue weighted by Crippen LogP contribution is 2.22. The molecule has 6 nitrogen and oxygen atoms in total. The summed E-state index contributed by atoms with van der Waals surface area (Å²) in [4.78, 5) is 22.7. The van der Waals surface area contributed by atoms with Crippen LogP contribution in [0.3, 0.4) is 0 Å². The molecule has 0 fully saturated rings. The summed E-state index contributed by atoms with van der Waals surface area (Å²) in [5, 5.41) is 18.9. The molecule has 0 aliphatic rings. The van der Waals surface area contributed by atoms with Gasteiger partial charge in [-0.2, -0.15) is 0 Å². The average Bonchev–Trinajstić information content (AvgIpc) is 2.31. The van der Waals surface area contributed by atoms with Crippen molar-refractivity contribution in [2.75, 3.05) is 0 Å². The summed E-state index contributed by atoms with van der Waals surface area (Å²) in [6, 6.07) is 2.59. The molecule has 18 heavy (non-hydrogen) atoms. The fourth-order valence-electron chi connectivity index (χ4n) is 1.70. The van der Waals surface area contributed by atoms with Gasteiger partial charge in [-0.3, -0.25) is 9.59 Å². The van der Waals surface area contributed by atoms with E-state index in [0.29, 0.717) is 11.1 Å². The molecular formula is C12H12N2O4. The van der Waals surface area contributed by atoms with E-state index in [1.165, 1.54) is 47.8 Å². The normalized spacial score (nSPS) is 10.6. The number of nitrogens with zero attached hydrogens (tertiary/aromatic N) is 2.